The van der Waals surface area contributed by atoms with Gasteiger partial charge in [0.15, 0.2) is 0 Å². The van der Waals surface area contributed by atoms with Crippen molar-refractivity contribution in [3.8, 4) is 0 Å². The Morgan fingerprint density at radius 1 is 1.22 bits per heavy atom. The molecule has 0 aliphatic heterocycles. The van der Waals surface area contributed by atoms with Crippen LogP contribution in [-0.2, 0) is 22.4 Å². The van der Waals surface area contributed by atoms with Crippen molar-refractivity contribution in [2.75, 3.05) is 11.9 Å². The van der Waals surface area contributed by atoms with Gasteiger partial charge in [-0.25, -0.2) is 4.79 Å². The third-order valence-corrected chi connectivity index (χ3v) is 6.91. The number of anilines is 1. The Hall–Kier alpha value is -1.79. The molecule has 1 amide bonds. The summed E-state index contributed by atoms with van der Waals surface area (Å²) in [5.41, 5.74) is 2.83. The molecular weight excluding hydrogens is 378 g/mol. The zero-order chi connectivity index (χ0) is 19.4. The minimum atomic E-state index is -0.328. The van der Waals surface area contributed by atoms with Crippen LogP contribution in [0.5, 0.6) is 0 Å². The van der Waals surface area contributed by atoms with Crippen LogP contribution in [0.15, 0.2) is 29.2 Å². The highest BCUT2D eigenvalue weighted by Gasteiger charge is 2.28. The number of aryl methyl sites for hydroxylation is 2. The smallest absolute Gasteiger partial charge is 0.341 e. The Morgan fingerprint density at radius 3 is 2.63 bits per heavy atom. The van der Waals surface area contributed by atoms with Gasteiger partial charge in [-0.1, -0.05) is 17.7 Å². The summed E-state index contributed by atoms with van der Waals surface area (Å²) in [6.07, 6.45) is 4.05. The highest BCUT2D eigenvalue weighted by Crippen LogP contribution is 2.39. The van der Waals surface area contributed by atoms with Gasteiger partial charge < -0.3 is 10.1 Å². The average Bonchev–Trinajstić information content (AvgIpc) is 3.01. The quantitative estimate of drug-likeness (QED) is 0.530. The Bertz CT molecular complexity index is 827. The molecule has 0 saturated heterocycles. The molecule has 1 aromatic carbocycles. The number of hydrogen-bond donors (Lipinski definition) is 1. The number of rotatable bonds is 6. The third kappa shape index (κ3) is 4.74. The van der Waals surface area contributed by atoms with Gasteiger partial charge in [0.1, 0.15) is 5.00 Å². The fraction of sp³-hybridized carbons (Fsp3) is 0.429. The molecule has 0 saturated carbocycles. The van der Waals surface area contributed by atoms with Crippen molar-refractivity contribution in [2.24, 2.45) is 0 Å². The van der Waals surface area contributed by atoms with Gasteiger partial charge >= 0.3 is 5.97 Å². The first-order valence-electron chi connectivity index (χ1n) is 9.35. The van der Waals surface area contributed by atoms with E-state index >= 15 is 0 Å². The SMILES string of the molecule is CCOC(=O)c1c(NC(=O)[C@H](C)Sc2ccc(C)cc2)sc2c1CCCC2. The number of benzene rings is 1. The van der Waals surface area contributed by atoms with Crippen molar-refractivity contribution in [1.29, 1.82) is 0 Å². The van der Waals surface area contributed by atoms with Gasteiger partial charge in [-0.05, 0) is 64.2 Å². The van der Waals surface area contributed by atoms with Gasteiger partial charge in [-0.3, -0.25) is 4.79 Å². The number of hydrogen-bond acceptors (Lipinski definition) is 5. The first kappa shape index (κ1) is 20.0. The van der Waals surface area contributed by atoms with E-state index in [4.69, 9.17) is 4.74 Å². The first-order valence-corrected chi connectivity index (χ1v) is 11.0. The van der Waals surface area contributed by atoms with Crippen LogP contribution in [-0.4, -0.2) is 23.7 Å². The standard InChI is InChI=1S/C21H25NO3S2/c1-4-25-21(24)18-16-7-5-6-8-17(16)27-20(18)22-19(23)14(3)26-15-11-9-13(2)10-12-15/h9-12,14H,4-8H2,1-3H3,(H,22,23)/t14-/m0/s1. The zero-order valence-corrected chi connectivity index (χ0v) is 17.6. The van der Waals surface area contributed by atoms with Gasteiger partial charge in [0.05, 0.1) is 17.4 Å². The second kappa shape index (κ2) is 8.93. The Morgan fingerprint density at radius 2 is 1.93 bits per heavy atom. The summed E-state index contributed by atoms with van der Waals surface area (Å²) in [5, 5.41) is 3.37. The van der Waals surface area contributed by atoms with Gasteiger partial charge in [-0.15, -0.1) is 23.1 Å². The number of ether oxygens (including phenoxy) is 1. The number of carbonyl (C=O) groups excluding carboxylic acids is 2. The van der Waals surface area contributed by atoms with Crippen LogP contribution in [0, 0.1) is 6.92 Å². The summed E-state index contributed by atoms with van der Waals surface area (Å²) in [6, 6.07) is 8.13. The second-order valence-corrected chi connectivity index (χ2v) is 9.22. The molecule has 144 valence electrons. The number of nitrogens with one attached hydrogen (secondary N) is 1. The monoisotopic (exact) mass is 403 g/mol. The molecule has 1 heterocycles. The number of thioether (sulfide) groups is 1. The Labute approximate surface area is 168 Å². The van der Waals surface area contributed by atoms with Gasteiger partial charge in [0.2, 0.25) is 5.91 Å². The molecule has 0 unspecified atom stereocenters. The summed E-state index contributed by atoms with van der Waals surface area (Å²) < 4.78 is 5.25. The van der Waals surface area contributed by atoms with Crippen LogP contribution in [0.4, 0.5) is 5.00 Å². The largest absolute Gasteiger partial charge is 0.462 e. The molecule has 1 N–H and O–H groups in total. The first-order chi connectivity index (χ1) is 13.0. The minimum absolute atomic E-state index is 0.0929. The Balaban J connectivity index is 1.77. The molecule has 0 radical (unpaired) electrons. The maximum Gasteiger partial charge on any atom is 0.341 e. The normalized spacial score (nSPS) is 14.3. The van der Waals surface area contributed by atoms with Crippen molar-refractivity contribution in [2.45, 2.75) is 56.6 Å². The second-order valence-electron chi connectivity index (χ2n) is 6.70. The lowest BCUT2D eigenvalue weighted by atomic mass is 9.95. The molecule has 6 heteroatoms. The molecule has 1 atom stereocenters. The van der Waals surface area contributed by atoms with Gasteiger partial charge in [0.25, 0.3) is 0 Å². The lowest BCUT2D eigenvalue weighted by Gasteiger charge is -2.13. The zero-order valence-electron chi connectivity index (χ0n) is 16.0. The van der Waals surface area contributed by atoms with E-state index in [1.165, 1.54) is 33.5 Å². The molecule has 4 nitrogen and oxygen atoms in total. The topological polar surface area (TPSA) is 55.4 Å². The van der Waals surface area contributed by atoms with Crippen molar-refractivity contribution in [3.05, 3.63) is 45.8 Å². The van der Waals surface area contributed by atoms with E-state index in [0.717, 1.165) is 36.1 Å². The van der Waals surface area contributed by atoms with Gasteiger partial charge in [0, 0.05) is 9.77 Å². The highest BCUT2D eigenvalue weighted by molar-refractivity contribution is 8.00. The molecule has 0 bridgehead atoms. The van der Waals surface area contributed by atoms with E-state index in [-0.39, 0.29) is 17.1 Å². The van der Waals surface area contributed by atoms with Crippen LogP contribution in [0.2, 0.25) is 0 Å². The lowest BCUT2D eigenvalue weighted by molar-refractivity contribution is -0.115. The lowest BCUT2D eigenvalue weighted by Crippen LogP contribution is -2.23. The van der Waals surface area contributed by atoms with Crippen LogP contribution in [0.3, 0.4) is 0 Å². The van der Waals surface area contributed by atoms with Crippen molar-refractivity contribution < 1.29 is 14.3 Å². The highest BCUT2D eigenvalue weighted by atomic mass is 32.2. The minimum Gasteiger partial charge on any atom is -0.462 e. The predicted octanol–water partition coefficient (Wildman–Crippen LogP) is 5.23. The fourth-order valence-electron chi connectivity index (χ4n) is 3.16. The Kier molecular flexibility index (Phi) is 6.60. The molecule has 1 aromatic heterocycles. The molecule has 2 aromatic rings. The summed E-state index contributed by atoms with van der Waals surface area (Å²) in [4.78, 5) is 27.5. The number of thiophene rings is 1. The van der Waals surface area contributed by atoms with Crippen molar-refractivity contribution in [3.63, 3.8) is 0 Å². The molecule has 1 aliphatic rings. The van der Waals surface area contributed by atoms with Crippen LogP contribution < -0.4 is 5.32 Å². The van der Waals surface area contributed by atoms with Crippen molar-refractivity contribution in [1.82, 2.24) is 0 Å². The van der Waals surface area contributed by atoms with E-state index in [1.807, 2.05) is 38.1 Å². The van der Waals surface area contributed by atoms with Crippen LogP contribution >= 0.6 is 23.1 Å². The summed E-state index contributed by atoms with van der Waals surface area (Å²) in [7, 11) is 0. The van der Waals surface area contributed by atoms with E-state index in [0.29, 0.717) is 17.2 Å². The number of fused-ring (bicyclic) bond motifs is 1. The van der Waals surface area contributed by atoms with Crippen molar-refractivity contribution >= 4 is 40.0 Å². The van der Waals surface area contributed by atoms with Crippen LogP contribution in [0.25, 0.3) is 0 Å². The van der Waals surface area contributed by atoms with Crippen LogP contribution in [0.1, 0.15) is 53.1 Å². The van der Waals surface area contributed by atoms with E-state index < -0.39 is 0 Å². The molecule has 3 rings (SSSR count). The molecule has 0 spiro atoms. The van der Waals surface area contributed by atoms with E-state index in [1.54, 1.807) is 6.92 Å². The maximum absolute atomic E-state index is 12.8. The van der Waals surface area contributed by atoms with Gasteiger partial charge in [-0.2, -0.15) is 0 Å². The number of carbonyl (C=O) groups is 2. The maximum atomic E-state index is 12.8. The average molecular weight is 404 g/mol. The molecule has 1 aliphatic carbocycles. The molecular formula is C21H25NO3S2. The number of amides is 1. The predicted molar refractivity (Wildman–Crippen MR) is 112 cm³/mol. The summed E-state index contributed by atoms with van der Waals surface area (Å²) in [5.74, 6) is -0.421. The van der Waals surface area contributed by atoms with E-state index in [2.05, 4.69) is 5.32 Å². The summed E-state index contributed by atoms with van der Waals surface area (Å²) in [6.45, 7) is 6.06. The fourth-order valence-corrected chi connectivity index (χ4v) is 5.31. The summed E-state index contributed by atoms with van der Waals surface area (Å²) >= 11 is 3.04. The van der Waals surface area contributed by atoms with E-state index in [9.17, 15) is 9.59 Å². The molecule has 0 fully saturated rings. The number of esters is 1. The third-order valence-electron chi connectivity index (χ3n) is 4.59. The molecule has 27 heavy (non-hydrogen) atoms.